The maximum atomic E-state index is 12.1. The van der Waals surface area contributed by atoms with Crippen molar-refractivity contribution in [3.8, 4) is 5.75 Å². The number of esters is 1. The van der Waals surface area contributed by atoms with Gasteiger partial charge in [0.1, 0.15) is 0 Å². The SMILES string of the molecule is O=C(Oc1ccc(CS(=O)[O-])cc1[N+](=O)[O-])C1CCCCC1. The van der Waals surface area contributed by atoms with Gasteiger partial charge in [-0.05, 0) is 24.5 Å². The number of ether oxygens (including phenoxy) is 1. The van der Waals surface area contributed by atoms with Gasteiger partial charge in [0.15, 0.2) is 0 Å². The molecule has 0 N–H and O–H groups in total. The van der Waals surface area contributed by atoms with Crippen molar-refractivity contribution in [1.29, 1.82) is 0 Å². The number of hydrogen-bond acceptors (Lipinski definition) is 6. The Morgan fingerprint density at radius 3 is 2.59 bits per heavy atom. The molecule has 1 aliphatic carbocycles. The molecule has 2 rings (SSSR count). The van der Waals surface area contributed by atoms with Crippen LogP contribution in [0, 0.1) is 16.0 Å². The van der Waals surface area contributed by atoms with E-state index in [0.29, 0.717) is 0 Å². The van der Waals surface area contributed by atoms with Crippen molar-refractivity contribution < 1.29 is 23.2 Å². The summed E-state index contributed by atoms with van der Waals surface area (Å²) in [5.41, 5.74) is -0.121. The fourth-order valence-electron chi connectivity index (χ4n) is 2.55. The summed E-state index contributed by atoms with van der Waals surface area (Å²) >= 11 is -2.34. The minimum absolute atomic E-state index is 0.138. The van der Waals surface area contributed by atoms with Crippen LogP contribution in [0.2, 0.25) is 0 Å². The van der Waals surface area contributed by atoms with Crippen LogP contribution in [0.15, 0.2) is 18.2 Å². The number of nitro groups is 1. The number of nitrogens with zero attached hydrogens (tertiary/aromatic N) is 1. The lowest BCUT2D eigenvalue weighted by atomic mass is 9.89. The number of benzene rings is 1. The van der Waals surface area contributed by atoms with Crippen LogP contribution in [0.3, 0.4) is 0 Å². The Labute approximate surface area is 130 Å². The summed E-state index contributed by atoms with van der Waals surface area (Å²) in [5.74, 6) is -1.14. The molecule has 1 saturated carbocycles. The zero-order valence-corrected chi connectivity index (χ0v) is 12.7. The first-order chi connectivity index (χ1) is 10.5. The van der Waals surface area contributed by atoms with Gasteiger partial charge in [-0.15, -0.1) is 0 Å². The molecule has 0 radical (unpaired) electrons. The predicted molar refractivity (Wildman–Crippen MR) is 77.9 cm³/mol. The van der Waals surface area contributed by atoms with Crippen molar-refractivity contribution >= 4 is 22.7 Å². The average molecular weight is 326 g/mol. The normalized spacial score (nSPS) is 17.0. The second-order valence-corrected chi connectivity index (χ2v) is 6.16. The van der Waals surface area contributed by atoms with Crippen LogP contribution in [0.1, 0.15) is 37.7 Å². The van der Waals surface area contributed by atoms with Crippen molar-refractivity contribution in [2.45, 2.75) is 37.9 Å². The highest BCUT2D eigenvalue weighted by molar-refractivity contribution is 7.78. The minimum Gasteiger partial charge on any atom is -0.772 e. The third-order valence-corrected chi connectivity index (χ3v) is 4.22. The molecule has 1 atom stereocenters. The molecule has 120 valence electrons. The van der Waals surface area contributed by atoms with Gasteiger partial charge >= 0.3 is 11.7 Å². The molecule has 0 bridgehead atoms. The van der Waals surface area contributed by atoms with Crippen molar-refractivity contribution in [3.05, 3.63) is 33.9 Å². The van der Waals surface area contributed by atoms with Crippen LogP contribution >= 0.6 is 0 Å². The van der Waals surface area contributed by atoms with Crippen molar-refractivity contribution in [3.63, 3.8) is 0 Å². The monoisotopic (exact) mass is 326 g/mol. The second kappa shape index (κ2) is 7.46. The Hall–Kier alpha value is -1.80. The molecule has 0 spiro atoms. The third kappa shape index (κ3) is 4.35. The summed E-state index contributed by atoms with van der Waals surface area (Å²) in [6.07, 6.45) is 4.47. The topological polar surface area (TPSA) is 110 Å². The molecule has 0 aliphatic heterocycles. The molecule has 1 aromatic rings. The fraction of sp³-hybridized carbons (Fsp3) is 0.500. The fourth-order valence-corrected chi connectivity index (χ4v) is 3.00. The Balaban J connectivity index is 2.16. The van der Waals surface area contributed by atoms with E-state index in [1.54, 1.807) is 0 Å². The van der Waals surface area contributed by atoms with E-state index < -0.39 is 27.7 Å². The third-order valence-electron chi connectivity index (χ3n) is 3.65. The minimum atomic E-state index is -2.34. The van der Waals surface area contributed by atoms with E-state index in [1.807, 2.05) is 0 Å². The first kappa shape index (κ1) is 16.6. The quantitative estimate of drug-likeness (QED) is 0.270. The summed E-state index contributed by atoms with van der Waals surface area (Å²) in [6.45, 7) is 0. The van der Waals surface area contributed by atoms with Crippen LogP contribution in [-0.2, 0) is 21.6 Å². The summed E-state index contributed by atoms with van der Waals surface area (Å²) in [5, 5.41) is 11.1. The van der Waals surface area contributed by atoms with Crippen LogP contribution < -0.4 is 4.74 Å². The van der Waals surface area contributed by atoms with Crippen molar-refractivity contribution in [2.24, 2.45) is 5.92 Å². The number of hydrogen-bond donors (Lipinski definition) is 0. The predicted octanol–water partition coefficient (Wildman–Crippen LogP) is 2.46. The van der Waals surface area contributed by atoms with E-state index in [4.69, 9.17) is 4.74 Å². The highest BCUT2D eigenvalue weighted by Crippen LogP contribution is 2.31. The van der Waals surface area contributed by atoms with E-state index in [1.165, 1.54) is 12.1 Å². The van der Waals surface area contributed by atoms with E-state index in [2.05, 4.69) is 0 Å². The lowest BCUT2D eigenvalue weighted by Gasteiger charge is -2.19. The number of rotatable bonds is 5. The molecular weight excluding hydrogens is 310 g/mol. The molecule has 22 heavy (non-hydrogen) atoms. The Morgan fingerprint density at radius 2 is 2.00 bits per heavy atom. The number of nitro benzene ring substituents is 1. The average Bonchev–Trinajstić information content (AvgIpc) is 2.49. The largest absolute Gasteiger partial charge is 0.772 e. The smallest absolute Gasteiger partial charge is 0.314 e. The van der Waals surface area contributed by atoms with Gasteiger partial charge in [0.2, 0.25) is 5.75 Å². The van der Waals surface area contributed by atoms with Crippen LogP contribution in [0.5, 0.6) is 5.75 Å². The lowest BCUT2D eigenvalue weighted by Crippen LogP contribution is -2.23. The molecule has 0 saturated heterocycles. The number of carbonyl (C=O) groups is 1. The summed E-state index contributed by atoms with van der Waals surface area (Å²) in [6, 6.07) is 3.81. The van der Waals surface area contributed by atoms with Crippen molar-refractivity contribution in [2.75, 3.05) is 0 Å². The van der Waals surface area contributed by atoms with Crippen LogP contribution in [0.4, 0.5) is 5.69 Å². The van der Waals surface area contributed by atoms with Gasteiger partial charge in [0.05, 0.1) is 10.8 Å². The molecule has 7 nitrogen and oxygen atoms in total. The van der Waals surface area contributed by atoms with Gasteiger partial charge < -0.3 is 9.29 Å². The van der Waals surface area contributed by atoms with Gasteiger partial charge in [-0.3, -0.25) is 19.1 Å². The van der Waals surface area contributed by atoms with Gasteiger partial charge in [-0.2, -0.15) is 0 Å². The molecule has 1 fully saturated rings. The standard InChI is InChI=1S/C14H17NO6S/c16-14(11-4-2-1-3-5-11)21-13-7-6-10(9-22(19)20)8-12(13)15(17)18/h6-8,11H,1-5,9H2,(H,19,20)/p-1. The van der Waals surface area contributed by atoms with Gasteiger partial charge in [-0.1, -0.05) is 36.4 Å². The first-order valence-corrected chi connectivity index (χ1v) is 8.26. The van der Waals surface area contributed by atoms with E-state index in [9.17, 15) is 23.7 Å². The van der Waals surface area contributed by atoms with E-state index in [0.717, 1.165) is 38.2 Å². The van der Waals surface area contributed by atoms with Crippen LogP contribution in [-0.4, -0.2) is 19.7 Å². The maximum Gasteiger partial charge on any atom is 0.314 e. The van der Waals surface area contributed by atoms with E-state index >= 15 is 0 Å². The van der Waals surface area contributed by atoms with Crippen molar-refractivity contribution in [1.82, 2.24) is 0 Å². The highest BCUT2D eigenvalue weighted by Gasteiger charge is 2.26. The van der Waals surface area contributed by atoms with Gasteiger partial charge in [0.25, 0.3) is 0 Å². The molecule has 0 aromatic heterocycles. The summed E-state index contributed by atoms with van der Waals surface area (Å²) < 4.78 is 26.5. The van der Waals surface area contributed by atoms with Gasteiger partial charge in [-0.25, -0.2) is 0 Å². The van der Waals surface area contributed by atoms with Gasteiger partial charge in [0, 0.05) is 11.8 Å². The summed E-state index contributed by atoms with van der Waals surface area (Å²) in [7, 11) is 0. The second-order valence-electron chi connectivity index (χ2n) is 5.26. The molecule has 1 unspecified atom stereocenters. The first-order valence-electron chi connectivity index (χ1n) is 7.02. The Morgan fingerprint density at radius 1 is 1.32 bits per heavy atom. The lowest BCUT2D eigenvalue weighted by molar-refractivity contribution is -0.385. The number of carbonyl (C=O) groups excluding carboxylic acids is 1. The molecule has 8 heteroatoms. The Bertz CT molecular complexity index is 597. The highest BCUT2D eigenvalue weighted by atomic mass is 32.2. The molecule has 1 aliphatic rings. The molecule has 0 heterocycles. The molecular formula is C14H16NO6S-. The van der Waals surface area contributed by atoms with Crippen LogP contribution in [0.25, 0.3) is 0 Å². The maximum absolute atomic E-state index is 12.1. The van der Waals surface area contributed by atoms with E-state index in [-0.39, 0.29) is 23.0 Å². The summed E-state index contributed by atoms with van der Waals surface area (Å²) in [4.78, 5) is 22.5. The molecule has 0 amide bonds. The zero-order chi connectivity index (χ0) is 16.1. The Kier molecular flexibility index (Phi) is 5.62. The molecule has 1 aromatic carbocycles. The zero-order valence-electron chi connectivity index (χ0n) is 11.9.